The molecule has 2 N–H and O–H groups in total. The molecule has 1 aromatic heterocycles. The maximum atomic E-state index is 6.03. The predicted molar refractivity (Wildman–Crippen MR) is 142 cm³/mol. The van der Waals surface area contributed by atoms with Crippen molar-refractivity contribution in [1.82, 2.24) is 10.6 Å². The number of benzene rings is 1. The second-order valence-corrected chi connectivity index (χ2v) is 8.84. The van der Waals surface area contributed by atoms with E-state index in [4.69, 9.17) is 18.9 Å². The van der Waals surface area contributed by atoms with Gasteiger partial charge in [-0.25, -0.2) is 4.99 Å². The first-order valence-electron chi connectivity index (χ1n) is 12.2. The number of ether oxygens (including phenoxy) is 2. The molecule has 182 valence electrons. The van der Waals surface area contributed by atoms with Crippen molar-refractivity contribution in [1.29, 1.82) is 0 Å². The number of guanidine groups is 1. The van der Waals surface area contributed by atoms with E-state index in [1.54, 1.807) is 6.26 Å². The van der Waals surface area contributed by atoms with Gasteiger partial charge in [-0.15, -0.1) is 24.0 Å². The van der Waals surface area contributed by atoms with Gasteiger partial charge < -0.3 is 24.5 Å². The number of halogens is 1. The first kappa shape index (κ1) is 26.0. The van der Waals surface area contributed by atoms with E-state index in [0.717, 1.165) is 50.7 Å². The highest BCUT2D eigenvalue weighted by Crippen LogP contribution is 2.17. The van der Waals surface area contributed by atoms with Gasteiger partial charge in [-0.3, -0.25) is 0 Å². The van der Waals surface area contributed by atoms with Crippen LogP contribution in [0.4, 0.5) is 0 Å². The maximum absolute atomic E-state index is 6.03. The van der Waals surface area contributed by atoms with Crippen LogP contribution in [0, 0.1) is 0 Å². The van der Waals surface area contributed by atoms with E-state index in [9.17, 15) is 0 Å². The summed E-state index contributed by atoms with van der Waals surface area (Å²) in [5, 5.41) is 7.14. The second kappa shape index (κ2) is 14.6. The SMILES string of the molecule is I.c1coc(CCNC(=NCc2ccc(COC3CCOCC3)cc2)NC2CCCCC2)c1. The maximum Gasteiger partial charge on any atom is 0.191 e. The Morgan fingerprint density at radius 3 is 2.45 bits per heavy atom. The van der Waals surface area contributed by atoms with Crippen LogP contribution in [0.5, 0.6) is 0 Å². The minimum atomic E-state index is 0. The zero-order chi connectivity index (χ0) is 21.8. The van der Waals surface area contributed by atoms with Crippen molar-refractivity contribution in [3.8, 4) is 0 Å². The van der Waals surface area contributed by atoms with Gasteiger partial charge in [-0.1, -0.05) is 43.5 Å². The molecule has 1 saturated heterocycles. The topological polar surface area (TPSA) is 68.0 Å². The van der Waals surface area contributed by atoms with Gasteiger partial charge in [0.15, 0.2) is 5.96 Å². The highest BCUT2D eigenvalue weighted by Gasteiger charge is 2.15. The van der Waals surface area contributed by atoms with Gasteiger partial charge in [0.05, 0.1) is 25.5 Å². The van der Waals surface area contributed by atoms with Crippen LogP contribution in [0.1, 0.15) is 61.8 Å². The molecule has 0 unspecified atom stereocenters. The zero-order valence-corrected chi connectivity index (χ0v) is 21.8. The lowest BCUT2D eigenvalue weighted by Crippen LogP contribution is -2.44. The molecular formula is C26H38IN3O3. The van der Waals surface area contributed by atoms with Crippen LogP contribution in [0.25, 0.3) is 0 Å². The van der Waals surface area contributed by atoms with Crippen molar-refractivity contribution >= 4 is 29.9 Å². The Labute approximate surface area is 214 Å². The van der Waals surface area contributed by atoms with Gasteiger partial charge in [-0.2, -0.15) is 0 Å². The summed E-state index contributed by atoms with van der Waals surface area (Å²) in [4.78, 5) is 4.87. The van der Waals surface area contributed by atoms with E-state index in [1.807, 2.05) is 12.1 Å². The molecule has 6 nitrogen and oxygen atoms in total. The molecular weight excluding hydrogens is 529 g/mol. The van der Waals surface area contributed by atoms with Gasteiger partial charge in [-0.05, 0) is 48.9 Å². The van der Waals surface area contributed by atoms with Gasteiger partial charge in [0.1, 0.15) is 5.76 Å². The van der Waals surface area contributed by atoms with Crippen molar-refractivity contribution in [2.75, 3.05) is 19.8 Å². The third kappa shape index (κ3) is 9.29. The smallest absolute Gasteiger partial charge is 0.191 e. The summed E-state index contributed by atoms with van der Waals surface area (Å²) < 4.78 is 16.9. The summed E-state index contributed by atoms with van der Waals surface area (Å²) in [6, 6.07) is 13.1. The predicted octanol–water partition coefficient (Wildman–Crippen LogP) is 5.20. The van der Waals surface area contributed by atoms with Crippen LogP contribution in [0.15, 0.2) is 52.1 Å². The molecule has 0 bridgehead atoms. The largest absolute Gasteiger partial charge is 0.469 e. The Morgan fingerprint density at radius 1 is 0.970 bits per heavy atom. The van der Waals surface area contributed by atoms with E-state index < -0.39 is 0 Å². The molecule has 2 aromatic rings. The van der Waals surface area contributed by atoms with Crippen LogP contribution >= 0.6 is 24.0 Å². The summed E-state index contributed by atoms with van der Waals surface area (Å²) >= 11 is 0. The number of nitrogens with zero attached hydrogens (tertiary/aromatic N) is 1. The van der Waals surface area contributed by atoms with E-state index in [2.05, 4.69) is 34.9 Å². The lowest BCUT2D eigenvalue weighted by Gasteiger charge is -2.25. The van der Waals surface area contributed by atoms with Crippen molar-refractivity contribution in [2.45, 2.75) is 76.7 Å². The summed E-state index contributed by atoms with van der Waals surface area (Å²) in [6.07, 6.45) is 11.3. The van der Waals surface area contributed by atoms with E-state index in [-0.39, 0.29) is 24.0 Å². The van der Waals surface area contributed by atoms with Gasteiger partial charge >= 0.3 is 0 Å². The molecule has 2 heterocycles. The van der Waals surface area contributed by atoms with Crippen LogP contribution < -0.4 is 10.6 Å². The molecule has 0 atom stereocenters. The van der Waals surface area contributed by atoms with Gasteiger partial charge in [0.2, 0.25) is 0 Å². The third-order valence-corrected chi connectivity index (χ3v) is 6.29. The fourth-order valence-electron chi connectivity index (χ4n) is 4.32. The number of rotatable bonds is 9. The second-order valence-electron chi connectivity index (χ2n) is 8.84. The summed E-state index contributed by atoms with van der Waals surface area (Å²) in [5.41, 5.74) is 2.41. The molecule has 7 heteroatoms. The molecule has 1 aliphatic heterocycles. The van der Waals surface area contributed by atoms with Crippen molar-refractivity contribution in [3.05, 3.63) is 59.5 Å². The molecule has 33 heavy (non-hydrogen) atoms. The summed E-state index contributed by atoms with van der Waals surface area (Å²) in [5.74, 6) is 1.89. The molecule has 0 spiro atoms. The fourth-order valence-corrected chi connectivity index (χ4v) is 4.32. The van der Waals surface area contributed by atoms with E-state index in [1.165, 1.54) is 43.2 Å². The number of hydrogen-bond acceptors (Lipinski definition) is 4. The standard InChI is InChI=1S/C26H37N3O3.HI/c1-2-5-23(6-3-1)29-26(27-15-12-24-7-4-16-31-24)28-19-21-8-10-22(11-9-21)20-32-25-13-17-30-18-14-25;/h4,7-11,16,23,25H,1-3,5-6,12-15,17-20H2,(H2,27,28,29);1H. The Kier molecular flexibility index (Phi) is 11.5. The molecule has 1 saturated carbocycles. The van der Waals surface area contributed by atoms with Gasteiger partial charge in [0.25, 0.3) is 0 Å². The molecule has 1 aromatic carbocycles. The highest BCUT2D eigenvalue weighted by atomic mass is 127. The summed E-state index contributed by atoms with van der Waals surface area (Å²) in [6.45, 7) is 3.75. The monoisotopic (exact) mass is 567 g/mol. The van der Waals surface area contributed by atoms with Crippen molar-refractivity contribution in [3.63, 3.8) is 0 Å². The van der Waals surface area contributed by atoms with Crippen molar-refractivity contribution < 1.29 is 13.9 Å². The van der Waals surface area contributed by atoms with Crippen LogP contribution in [0.2, 0.25) is 0 Å². The minimum Gasteiger partial charge on any atom is -0.469 e. The average molecular weight is 568 g/mol. The Balaban J connectivity index is 0.00000306. The van der Waals surface area contributed by atoms with Crippen molar-refractivity contribution in [2.24, 2.45) is 4.99 Å². The summed E-state index contributed by atoms with van der Waals surface area (Å²) in [7, 11) is 0. The Bertz CT molecular complexity index is 799. The minimum absolute atomic E-state index is 0. The van der Waals surface area contributed by atoms with E-state index >= 15 is 0 Å². The first-order valence-corrected chi connectivity index (χ1v) is 12.2. The zero-order valence-electron chi connectivity index (χ0n) is 19.5. The normalized spacial score (nSPS) is 18.0. The first-order chi connectivity index (χ1) is 15.8. The Morgan fingerprint density at radius 2 is 1.73 bits per heavy atom. The third-order valence-electron chi connectivity index (χ3n) is 6.29. The molecule has 0 amide bonds. The number of nitrogens with one attached hydrogen (secondary N) is 2. The fraction of sp³-hybridized carbons (Fsp3) is 0.577. The number of furan rings is 1. The van der Waals surface area contributed by atoms with Crippen LogP contribution in [-0.2, 0) is 29.0 Å². The molecule has 2 fully saturated rings. The average Bonchev–Trinajstić information content (AvgIpc) is 3.37. The van der Waals surface area contributed by atoms with Crippen LogP contribution in [-0.4, -0.2) is 37.9 Å². The van der Waals surface area contributed by atoms with Crippen LogP contribution in [0.3, 0.4) is 0 Å². The molecule has 0 radical (unpaired) electrons. The lowest BCUT2D eigenvalue weighted by atomic mass is 9.96. The Hall–Kier alpha value is -1.58. The molecule has 1 aliphatic carbocycles. The van der Waals surface area contributed by atoms with E-state index in [0.29, 0.717) is 25.3 Å². The highest BCUT2D eigenvalue weighted by molar-refractivity contribution is 14.0. The number of hydrogen-bond donors (Lipinski definition) is 2. The molecule has 4 rings (SSSR count). The number of aliphatic imine (C=N–C) groups is 1. The lowest BCUT2D eigenvalue weighted by molar-refractivity contribution is -0.0390. The quantitative estimate of drug-likeness (QED) is 0.248. The molecule has 2 aliphatic rings. The van der Waals surface area contributed by atoms with Gasteiger partial charge in [0, 0.05) is 32.2 Å².